The van der Waals surface area contributed by atoms with E-state index in [4.69, 9.17) is 0 Å². The zero-order valence-electron chi connectivity index (χ0n) is 14.8. The maximum atomic E-state index is 10.9. The van der Waals surface area contributed by atoms with E-state index in [2.05, 4.69) is 25.7 Å². The van der Waals surface area contributed by atoms with Crippen molar-refractivity contribution >= 4 is 6.29 Å². The Labute approximate surface area is 140 Å². The first-order valence-electron chi connectivity index (χ1n) is 9.02. The Hall–Kier alpha value is -1.35. The number of piperidine rings is 1. The Morgan fingerprint density at radius 3 is 2.74 bits per heavy atom. The molecule has 1 aromatic rings. The van der Waals surface area contributed by atoms with Gasteiger partial charge in [0.1, 0.15) is 5.75 Å². The maximum absolute atomic E-state index is 10.9. The van der Waals surface area contributed by atoms with Gasteiger partial charge in [-0.2, -0.15) is 0 Å². The lowest BCUT2D eigenvalue weighted by atomic mass is 9.68. The number of benzene rings is 1. The molecule has 23 heavy (non-hydrogen) atoms. The largest absolute Gasteiger partial charge is 0.507 e. The van der Waals surface area contributed by atoms with Crippen LogP contribution in [0.3, 0.4) is 0 Å². The number of hydrogen-bond acceptors (Lipinski definition) is 3. The predicted octanol–water partition coefficient (Wildman–Crippen LogP) is 4.38. The summed E-state index contributed by atoms with van der Waals surface area (Å²) in [7, 11) is 0. The van der Waals surface area contributed by atoms with Crippen LogP contribution in [0.15, 0.2) is 18.2 Å². The first-order chi connectivity index (χ1) is 11.0. The highest BCUT2D eigenvalue weighted by molar-refractivity contribution is 5.79. The summed E-state index contributed by atoms with van der Waals surface area (Å²) in [6.45, 7) is 10.3. The van der Waals surface area contributed by atoms with Crippen LogP contribution in [-0.4, -0.2) is 35.9 Å². The number of phenolic OH excluding ortho intramolecular Hbond substituents is 1. The standard InChI is InChI=1S/C20H31NO2/c1-4-5-6-7-11-21-12-10-20(3,16(2)14-21)18-9-8-17(15-22)19(23)13-18/h8-9,13,15-16,23H,4-7,10-12,14H2,1-3H3. The molecule has 1 fully saturated rings. The summed E-state index contributed by atoms with van der Waals surface area (Å²) in [6, 6.07) is 5.54. The molecule has 0 amide bonds. The molecule has 1 saturated heterocycles. The van der Waals surface area contributed by atoms with Gasteiger partial charge in [0.25, 0.3) is 0 Å². The predicted molar refractivity (Wildman–Crippen MR) is 95.2 cm³/mol. The fourth-order valence-corrected chi connectivity index (χ4v) is 3.71. The second-order valence-electron chi connectivity index (χ2n) is 7.32. The molecule has 1 heterocycles. The minimum Gasteiger partial charge on any atom is -0.507 e. The SMILES string of the molecule is CCCCCCN1CCC(C)(c2ccc(C=O)c(O)c2)C(C)C1. The van der Waals surface area contributed by atoms with Crippen LogP contribution in [0.1, 0.15) is 68.8 Å². The zero-order valence-corrected chi connectivity index (χ0v) is 14.8. The number of phenols is 1. The maximum Gasteiger partial charge on any atom is 0.153 e. The van der Waals surface area contributed by atoms with E-state index in [0.29, 0.717) is 17.8 Å². The molecular weight excluding hydrogens is 286 g/mol. The average Bonchev–Trinajstić information content (AvgIpc) is 2.55. The summed E-state index contributed by atoms with van der Waals surface area (Å²) < 4.78 is 0. The van der Waals surface area contributed by atoms with Gasteiger partial charge in [-0.05, 0) is 55.0 Å². The minimum atomic E-state index is 0.0683. The van der Waals surface area contributed by atoms with E-state index in [1.807, 2.05) is 6.07 Å². The molecular formula is C20H31NO2. The van der Waals surface area contributed by atoms with Crippen molar-refractivity contribution in [2.45, 2.75) is 58.3 Å². The van der Waals surface area contributed by atoms with Crippen molar-refractivity contribution in [3.05, 3.63) is 29.3 Å². The van der Waals surface area contributed by atoms with E-state index in [9.17, 15) is 9.90 Å². The highest BCUT2D eigenvalue weighted by Crippen LogP contribution is 2.40. The topological polar surface area (TPSA) is 40.5 Å². The van der Waals surface area contributed by atoms with Gasteiger partial charge in [-0.25, -0.2) is 0 Å². The third kappa shape index (κ3) is 4.14. The van der Waals surface area contributed by atoms with Gasteiger partial charge in [-0.15, -0.1) is 0 Å². The molecule has 0 aliphatic carbocycles. The van der Waals surface area contributed by atoms with Crippen molar-refractivity contribution in [3.8, 4) is 5.75 Å². The van der Waals surface area contributed by atoms with E-state index in [1.165, 1.54) is 32.2 Å². The lowest BCUT2D eigenvalue weighted by Crippen LogP contribution is -2.47. The van der Waals surface area contributed by atoms with E-state index < -0.39 is 0 Å². The number of unbranched alkanes of at least 4 members (excludes halogenated alkanes) is 3. The number of carbonyl (C=O) groups is 1. The fourth-order valence-electron chi connectivity index (χ4n) is 3.71. The van der Waals surface area contributed by atoms with Crippen molar-refractivity contribution in [3.63, 3.8) is 0 Å². The second-order valence-corrected chi connectivity index (χ2v) is 7.32. The van der Waals surface area contributed by atoms with Crippen LogP contribution in [0, 0.1) is 5.92 Å². The number of carbonyl (C=O) groups excluding carboxylic acids is 1. The Balaban J connectivity index is 2.01. The molecule has 0 bridgehead atoms. The summed E-state index contributed by atoms with van der Waals surface area (Å²) in [5, 5.41) is 10.00. The molecule has 128 valence electrons. The van der Waals surface area contributed by atoms with Gasteiger partial charge in [0, 0.05) is 6.54 Å². The van der Waals surface area contributed by atoms with Crippen molar-refractivity contribution in [2.75, 3.05) is 19.6 Å². The van der Waals surface area contributed by atoms with Crippen LogP contribution in [0.4, 0.5) is 0 Å². The molecule has 3 heteroatoms. The van der Waals surface area contributed by atoms with Crippen molar-refractivity contribution in [2.24, 2.45) is 5.92 Å². The van der Waals surface area contributed by atoms with Gasteiger partial charge in [0.2, 0.25) is 0 Å². The van der Waals surface area contributed by atoms with E-state index in [1.54, 1.807) is 12.1 Å². The van der Waals surface area contributed by atoms with E-state index in [-0.39, 0.29) is 11.2 Å². The number of hydrogen-bond donors (Lipinski definition) is 1. The summed E-state index contributed by atoms with van der Waals surface area (Å²) >= 11 is 0. The van der Waals surface area contributed by atoms with Crippen LogP contribution in [0.2, 0.25) is 0 Å². The Kier molecular flexibility index (Phi) is 6.23. The second kappa shape index (κ2) is 7.96. The molecule has 0 radical (unpaired) electrons. The smallest absolute Gasteiger partial charge is 0.153 e. The normalized spacial score (nSPS) is 25.4. The fraction of sp³-hybridized carbons (Fsp3) is 0.650. The van der Waals surface area contributed by atoms with Crippen LogP contribution < -0.4 is 0 Å². The summed E-state index contributed by atoms with van der Waals surface area (Å²) in [5.41, 5.74) is 1.59. The molecule has 3 nitrogen and oxygen atoms in total. The summed E-state index contributed by atoms with van der Waals surface area (Å²) in [5.74, 6) is 0.636. The molecule has 1 aromatic carbocycles. The van der Waals surface area contributed by atoms with Gasteiger partial charge in [-0.1, -0.05) is 46.1 Å². The van der Waals surface area contributed by atoms with Gasteiger partial charge < -0.3 is 10.0 Å². The molecule has 2 atom stereocenters. The first-order valence-corrected chi connectivity index (χ1v) is 9.02. The van der Waals surface area contributed by atoms with Crippen molar-refractivity contribution in [1.82, 2.24) is 4.90 Å². The van der Waals surface area contributed by atoms with E-state index in [0.717, 1.165) is 25.1 Å². The highest BCUT2D eigenvalue weighted by atomic mass is 16.3. The number of aromatic hydroxyl groups is 1. The number of rotatable bonds is 7. The van der Waals surface area contributed by atoms with Gasteiger partial charge in [0.15, 0.2) is 6.29 Å². The third-order valence-electron chi connectivity index (χ3n) is 5.71. The molecule has 0 aromatic heterocycles. The lowest BCUT2D eigenvalue weighted by molar-refractivity contribution is 0.109. The van der Waals surface area contributed by atoms with Crippen molar-refractivity contribution < 1.29 is 9.90 Å². The molecule has 2 rings (SSSR count). The van der Waals surface area contributed by atoms with Gasteiger partial charge in [0.05, 0.1) is 5.56 Å². The van der Waals surface area contributed by atoms with Gasteiger partial charge >= 0.3 is 0 Å². The molecule has 1 aliphatic rings. The molecule has 0 spiro atoms. The minimum absolute atomic E-state index is 0.0683. The highest BCUT2D eigenvalue weighted by Gasteiger charge is 2.38. The number of likely N-dealkylation sites (tertiary alicyclic amines) is 1. The van der Waals surface area contributed by atoms with Gasteiger partial charge in [-0.3, -0.25) is 4.79 Å². The monoisotopic (exact) mass is 317 g/mol. The van der Waals surface area contributed by atoms with Crippen LogP contribution in [-0.2, 0) is 5.41 Å². The lowest BCUT2D eigenvalue weighted by Gasteiger charge is -2.45. The van der Waals surface area contributed by atoms with Crippen LogP contribution >= 0.6 is 0 Å². The molecule has 2 unspecified atom stereocenters. The number of aldehydes is 1. The molecule has 1 N–H and O–H groups in total. The summed E-state index contributed by atoms with van der Waals surface area (Å²) in [6.07, 6.45) is 7.07. The Morgan fingerprint density at radius 1 is 1.35 bits per heavy atom. The third-order valence-corrected chi connectivity index (χ3v) is 5.71. The van der Waals surface area contributed by atoms with Crippen LogP contribution in [0.25, 0.3) is 0 Å². The molecule has 1 aliphatic heterocycles. The Bertz CT molecular complexity index is 528. The van der Waals surface area contributed by atoms with Crippen molar-refractivity contribution in [1.29, 1.82) is 0 Å². The molecule has 0 saturated carbocycles. The first kappa shape index (κ1) is 18.0. The zero-order chi connectivity index (χ0) is 16.9. The van der Waals surface area contributed by atoms with E-state index >= 15 is 0 Å². The quantitative estimate of drug-likeness (QED) is 0.599. The number of nitrogens with zero attached hydrogens (tertiary/aromatic N) is 1. The summed E-state index contributed by atoms with van der Waals surface area (Å²) in [4.78, 5) is 13.5. The Morgan fingerprint density at radius 2 is 2.13 bits per heavy atom. The average molecular weight is 317 g/mol. The van der Waals surface area contributed by atoms with Crippen LogP contribution in [0.5, 0.6) is 5.75 Å².